The Morgan fingerprint density at radius 1 is 0.600 bits per heavy atom. The first-order valence-electron chi connectivity index (χ1n) is 12.1. The molecule has 0 spiro atoms. The summed E-state index contributed by atoms with van der Waals surface area (Å²) < 4.78 is 19.8. The van der Waals surface area contributed by atoms with Crippen molar-refractivity contribution in [1.29, 1.82) is 0 Å². The van der Waals surface area contributed by atoms with Gasteiger partial charge in [-0.15, -0.1) is 0 Å². The molecule has 0 unspecified atom stereocenters. The predicted molar refractivity (Wildman–Crippen MR) is 135 cm³/mol. The van der Waals surface area contributed by atoms with E-state index in [1.165, 1.54) is 0 Å². The lowest BCUT2D eigenvalue weighted by Gasteiger charge is -2.28. The second kappa shape index (κ2) is 15.3. The Kier molecular flexibility index (Phi) is 11.3. The molecule has 40 heavy (non-hydrogen) atoms. The monoisotopic (exact) mass is 556 g/mol. The van der Waals surface area contributed by atoms with Crippen molar-refractivity contribution in [3.8, 4) is 0 Å². The zero-order chi connectivity index (χ0) is 28.7. The van der Waals surface area contributed by atoms with Crippen molar-refractivity contribution < 1.29 is 47.7 Å². The van der Waals surface area contributed by atoms with E-state index in [0.29, 0.717) is 0 Å². The van der Waals surface area contributed by atoms with Crippen molar-refractivity contribution >= 4 is 35.9 Å². The topological polar surface area (TPSA) is 187 Å². The Morgan fingerprint density at radius 3 is 1.35 bits per heavy atom. The van der Waals surface area contributed by atoms with Crippen LogP contribution in [0.25, 0.3) is 0 Å². The lowest BCUT2D eigenvalue weighted by molar-refractivity contribution is -0.151. The SMILES string of the molecule is O=C(CNC(=O)OCc1ccccc1)OC[C@H]1NC(=O)[C@@H](COC(=O)CNC(=O)OCc2ccccc2)NC1=O. The van der Waals surface area contributed by atoms with Crippen LogP contribution < -0.4 is 21.3 Å². The first-order chi connectivity index (χ1) is 19.3. The van der Waals surface area contributed by atoms with Gasteiger partial charge < -0.3 is 40.2 Å². The molecular weight excluding hydrogens is 528 g/mol. The lowest BCUT2D eigenvalue weighted by atomic mass is 10.1. The van der Waals surface area contributed by atoms with Gasteiger partial charge in [0.2, 0.25) is 11.8 Å². The number of carbonyl (C=O) groups is 6. The van der Waals surface area contributed by atoms with Gasteiger partial charge in [0.15, 0.2) is 0 Å². The van der Waals surface area contributed by atoms with E-state index in [0.717, 1.165) is 11.1 Å². The van der Waals surface area contributed by atoms with Crippen LogP contribution in [0.15, 0.2) is 60.7 Å². The van der Waals surface area contributed by atoms with Crippen LogP contribution in [0.4, 0.5) is 9.59 Å². The van der Waals surface area contributed by atoms with E-state index < -0.39 is 74.3 Å². The number of hydrogen-bond acceptors (Lipinski definition) is 10. The number of hydrogen-bond donors (Lipinski definition) is 4. The van der Waals surface area contributed by atoms with E-state index in [4.69, 9.17) is 18.9 Å². The highest BCUT2D eigenvalue weighted by atomic mass is 16.6. The highest BCUT2D eigenvalue weighted by Gasteiger charge is 2.35. The van der Waals surface area contributed by atoms with E-state index in [1.807, 2.05) is 12.1 Å². The molecule has 1 fully saturated rings. The van der Waals surface area contributed by atoms with Crippen molar-refractivity contribution in [3.05, 3.63) is 71.8 Å². The molecule has 14 heteroatoms. The number of benzene rings is 2. The summed E-state index contributed by atoms with van der Waals surface area (Å²) in [4.78, 5) is 71.7. The minimum absolute atomic E-state index is 0.0181. The first kappa shape index (κ1) is 29.4. The normalized spacial score (nSPS) is 16.0. The number of alkyl carbamates (subject to hydrolysis) is 2. The van der Waals surface area contributed by atoms with Gasteiger partial charge >= 0.3 is 24.1 Å². The molecule has 2 atom stereocenters. The Hall–Kier alpha value is -5.14. The fourth-order valence-corrected chi connectivity index (χ4v) is 3.20. The molecule has 14 nitrogen and oxygen atoms in total. The largest absolute Gasteiger partial charge is 0.462 e. The number of rotatable bonds is 12. The highest BCUT2D eigenvalue weighted by Crippen LogP contribution is 2.03. The Labute approximate surface area is 228 Å². The molecule has 1 aliphatic rings. The van der Waals surface area contributed by atoms with Gasteiger partial charge in [0.05, 0.1) is 0 Å². The smallest absolute Gasteiger partial charge is 0.407 e. The van der Waals surface area contributed by atoms with Crippen LogP contribution in [0.2, 0.25) is 0 Å². The fraction of sp³-hybridized carbons (Fsp3) is 0.308. The third kappa shape index (κ3) is 10.3. The van der Waals surface area contributed by atoms with Crippen LogP contribution >= 0.6 is 0 Å². The van der Waals surface area contributed by atoms with Crippen LogP contribution in [-0.2, 0) is 51.3 Å². The Morgan fingerprint density at radius 2 is 0.975 bits per heavy atom. The number of esters is 2. The summed E-state index contributed by atoms with van der Waals surface area (Å²) in [6, 6.07) is 15.5. The quantitative estimate of drug-likeness (QED) is 0.203. The minimum atomic E-state index is -1.19. The lowest BCUT2D eigenvalue weighted by Crippen LogP contribution is -2.64. The molecule has 1 heterocycles. The standard InChI is InChI=1S/C26H28N4O10/c31-21(11-27-25(35)39-13-17-7-3-1-4-8-17)37-15-19-23(33)30-20(24(34)29-19)16-38-22(32)12-28-26(36)40-14-18-9-5-2-6-10-18/h1-10,19-20H,11-16H2,(H,27,35)(H,28,36)(H,29,34)(H,30,33)/t19-,20-/m1/s1. The highest BCUT2D eigenvalue weighted by molar-refractivity contribution is 5.97. The second-order valence-electron chi connectivity index (χ2n) is 8.32. The van der Waals surface area contributed by atoms with E-state index in [-0.39, 0.29) is 13.2 Å². The van der Waals surface area contributed by atoms with E-state index in [9.17, 15) is 28.8 Å². The van der Waals surface area contributed by atoms with Crippen molar-refractivity contribution in [1.82, 2.24) is 21.3 Å². The van der Waals surface area contributed by atoms with Gasteiger partial charge in [0.25, 0.3) is 0 Å². The van der Waals surface area contributed by atoms with Crippen LogP contribution in [0.1, 0.15) is 11.1 Å². The Balaban J connectivity index is 1.27. The summed E-state index contributed by atoms with van der Waals surface area (Å²) >= 11 is 0. The minimum Gasteiger partial charge on any atom is -0.462 e. The van der Waals surface area contributed by atoms with Gasteiger partial charge in [-0.2, -0.15) is 0 Å². The molecule has 2 aromatic carbocycles. The summed E-state index contributed by atoms with van der Waals surface area (Å²) in [5, 5.41) is 9.16. The molecule has 4 amide bonds. The average Bonchev–Trinajstić information content (AvgIpc) is 2.97. The van der Waals surface area contributed by atoms with Gasteiger partial charge in [-0.1, -0.05) is 60.7 Å². The molecule has 0 aromatic heterocycles. The maximum atomic E-state index is 12.3. The van der Waals surface area contributed by atoms with Crippen molar-refractivity contribution in [2.45, 2.75) is 25.3 Å². The van der Waals surface area contributed by atoms with Crippen LogP contribution in [0, 0.1) is 0 Å². The molecule has 3 rings (SSSR count). The third-order valence-electron chi connectivity index (χ3n) is 5.27. The van der Waals surface area contributed by atoms with Gasteiger partial charge in [0, 0.05) is 0 Å². The predicted octanol–water partition coefficient (Wildman–Crippen LogP) is -0.0912. The molecule has 212 valence electrons. The van der Waals surface area contributed by atoms with Gasteiger partial charge in [-0.05, 0) is 11.1 Å². The molecule has 0 radical (unpaired) electrons. The molecule has 1 aliphatic heterocycles. The molecule has 0 aliphatic carbocycles. The maximum Gasteiger partial charge on any atom is 0.407 e. The van der Waals surface area contributed by atoms with Gasteiger partial charge in [-0.25, -0.2) is 9.59 Å². The average molecular weight is 557 g/mol. The van der Waals surface area contributed by atoms with Crippen LogP contribution in [0.3, 0.4) is 0 Å². The van der Waals surface area contributed by atoms with Crippen molar-refractivity contribution in [3.63, 3.8) is 0 Å². The molecule has 2 aromatic rings. The number of ether oxygens (including phenoxy) is 4. The summed E-state index contributed by atoms with van der Waals surface area (Å²) in [5.74, 6) is -3.06. The number of amides is 4. The maximum absolute atomic E-state index is 12.3. The summed E-state index contributed by atoms with van der Waals surface area (Å²) in [6.45, 7) is -1.96. The number of carbonyl (C=O) groups excluding carboxylic acids is 6. The van der Waals surface area contributed by atoms with Gasteiger partial charge in [-0.3, -0.25) is 19.2 Å². The zero-order valence-electron chi connectivity index (χ0n) is 21.3. The molecule has 0 bridgehead atoms. The third-order valence-corrected chi connectivity index (χ3v) is 5.27. The molecule has 0 saturated carbocycles. The molecular formula is C26H28N4O10. The van der Waals surface area contributed by atoms with Crippen LogP contribution in [-0.4, -0.2) is 74.3 Å². The fourth-order valence-electron chi connectivity index (χ4n) is 3.20. The van der Waals surface area contributed by atoms with Crippen LogP contribution in [0.5, 0.6) is 0 Å². The molecule has 4 N–H and O–H groups in total. The van der Waals surface area contributed by atoms with E-state index in [2.05, 4.69) is 21.3 Å². The summed E-state index contributed by atoms with van der Waals surface area (Å²) in [5.41, 5.74) is 1.53. The summed E-state index contributed by atoms with van der Waals surface area (Å²) in [7, 11) is 0. The first-order valence-corrected chi connectivity index (χ1v) is 12.1. The van der Waals surface area contributed by atoms with E-state index >= 15 is 0 Å². The van der Waals surface area contributed by atoms with Crippen molar-refractivity contribution in [2.24, 2.45) is 0 Å². The number of nitrogens with one attached hydrogen (secondary N) is 4. The summed E-state index contributed by atoms with van der Waals surface area (Å²) in [6.07, 6.45) is -1.66. The second-order valence-corrected chi connectivity index (χ2v) is 8.32. The Bertz CT molecular complexity index is 1100. The number of piperazine rings is 1. The van der Waals surface area contributed by atoms with E-state index in [1.54, 1.807) is 48.5 Å². The van der Waals surface area contributed by atoms with Gasteiger partial charge in [0.1, 0.15) is 51.6 Å². The van der Waals surface area contributed by atoms with Crippen molar-refractivity contribution in [2.75, 3.05) is 26.3 Å². The molecule has 1 saturated heterocycles. The zero-order valence-corrected chi connectivity index (χ0v) is 21.3.